The summed E-state index contributed by atoms with van der Waals surface area (Å²) in [5, 5.41) is 0. The number of fused-ring (bicyclic) bond motifs is 5. The van der Waals surface area contributed by atoms with Crippen LogP contribution in [0.3, 0.4) is 0 Å². The number of hydrogen-bond donors (Lipinski definition) is 1. The topological polar surface area (TPSA) is 50.8 Å². The fraction of sp³-hybridized carbons (Fsp3) is 0.188. The lowest BCUT2D eigenvalue weighted by Crippen LogP contribution is -2.35. The van der Waals surface area contributed by atoms with Gasteiger partial charge in [-0.1, -0.05) is 24.3 Å². The summed E-state index contributed by atoms with van der Waals surface area (Å²) in [6, 6.07) is 14.4. The van der Waals surface area contributed by atoms with Crippen LogP contribution in [0.2, 0.25) is 0 Å². The van der Waals surface area contributed by atoms with E-state index < -0.39 is 0 Å². The van der Waals surface area contributed by atoms with Gasteiger partial charge in [0, 0.05) is 5.56 Å². The van der Waals surface area contributed by atoms with Crippen LogP contribution in [0.1, 0.15) is 17.2 Å². The summed E-state index contributed by atoms with van der Waals surface area (Å²) in [6.07, 6.45) is 0. The fourth-order valence-electron chi connectivity index (χ4n) is 2.90. The van der Waals surface area contributed by atoms with Crippen LogP contribution in [0.25, 0.3) is 0 Å². The molecule has 2 aromatic carbocycles. The van der Waals surface area contributed by atoms with E-state index in [1.54, 1.807) is 0 Å². The van der Waals surface area contributed by atoms with Crippen molar-refractivity contribution >= 4 is 11.6 Å². The molecule has 0 saturated heterocycles. The van der Waals surface area contributed by atoms with Gasteiger partial charge in [0.15, 0.2) is 11.7 Å². The Balaban J connectivity index is 1.98. The minimum absolute atomic E-state index is 0.120. The van der Waals surface area contributed by atoms with Gasteiger partial charge >= 0.3 is 0 Å². The molecule has 100 valence electrons. The van der Waals surface area contributed by atoms with Crippen molar-refractivity contribution in [2.24, 2.45) is 10.7 Å². The number of anilines is 1. The number of ether oxygens (including phenoxy) is 1. The lowest BCUT2D eigenvalue weighted by molar-refractivity contribution is 0.482. The summed E-state index contributed by atoms with van der Waals surface area (Å²) in [5.41, 5.74) is 9.40. The molecule has 1 atom stereocenters. The van der Waals surface area contributed by atoms with Crippen molar-refractivity contribution in [2.75, 3.05) is 11.4 Å². The van der Waals surface area contributed by atoms with E-state index in [4.69, 9.17) is 10.5 Å². The Morgan fingerprint density at radius 2 is 2.05 bits per heavy atom. The van der Waals surface area contributed by atoms with Gasteiger partial charge in [-0.25, -0.2) is 0 Å². The van der Waals surface area contributed by atoms with E-state index >= 15 is 0 Å². The van der Waals surface area contributed by atoms with Gasteiger partial charge < -0.3 is 10.5 Å². The highest BCUT2D eigenvalue weighted by molar-refractivity contribution is 5.99. The first-order valence-electron chi connectivity index (χ1n) is 6.70. The van der Waals surface area contributed by atoms with Crippen molar-refractivity contribution in [3.05, 3.63) is 53.6 Å². The molecule has 0 bridgehead atoms. The van der Waals surface area contributed by atoms with Gasteiger partial charge in [0.2, 0.25) is 0 Å². The minimum atomic E-state index is 0.120. The van der Waals surface area contributed by atoms with Crippen LogP contribution in [0.5, 0.6) is 11.5 Å². The lowest BCUT2D eigenvalue weighted by Gasteiger charge is -2.25. The summed E-state index contributed by atoms with van der Waals surface area (Å²) in [6.45, 7) is 2.73. The molecule has 1 unspecified atom stereocenters. The van der Waals surface area contributed by atoms with Crippen LogP contribution in [-0.4, -0.2) is 12.5 Å². The van der Waals surface area contributed by atoms with E-state index in [2.05, 4.69) is 28.9 Å². The fourth-order valence-corrected chi connectivity index (χ4v) is 2.90. The van der Waals surface area contributed by atoms with Crippen LogP contribution in [0.4, 0.5) is 5.69 Å². The SMILES string of the molecule is Cc1ccc2c(c1)N1C(N)=NCC1c1ccccc1O2. The number of benzene rings is 2. The summed E-state index contributed by atoms with van der Waals surface area (Å²) in [4.78, 5) is 6.49. The molecule has 2 N–H and O–H groups in total. The van der Waals surface area contributed by atoms with E-state index in [1.807, 2.05) is 30.3 Å². The molecule has 0 amide bonds. The third-order valence-electron chi connectivity index (χ3n) is 3.86. The highest BCUT2D eigenvalue weighted by atomic mass is 16.5. The van der Waals surface area contributed by atoms with Gasteiger partial charge in [0.05, 0.1) is 18.3 Å². The van der Waals surface area contributed by atoms with Crippen LogP contribution >= 0.6 is 0 Å². The van der Waals surface area contributed by atoms with Crippen LogP contribution in [0.15, 0.2) is 47.5 Å². The molecular weight excluding hydrogens is 250 g/mol. The van der Waals surface area contributed by atoms with Gasteiger partial charge in [-0.05, 0) is 30.7 Å². The monoisotopic (exact) mass is 265 g/mol. The number of nitrogens with two attached hydrogens (primary N) is 1. The number of aliphatic imine (C=N–C) groups is 1. The molecule has 2 heterocycles. The van der Waals surface area contributed by atoms with Crippen molar-refractivity contribution in [3.8, 4) is 11.5 Å². The lowest BCUT2D eigenvalue weighted by atomic mass is 10.0. The number of aryl methyl sites for hydroxylation is 1. The van der Waals surface area contributed by atoms with Crippen LogP contribution in [0, 0.1) is 6.92 Å². The first-order valence-corrected chi connectivity index (χ1v) is 6.70. The molecule has 2 aliphatic heterocycles. The summed E-state index contributed by atoms with van der Waals surface area (Å²) >= 11 is 0. The maximum atomic E-state index is 6.10. The smallest absolute Gasteiger partial charge is 0.196 e. The number of rotatable bonds is 0. The van der Waals surface area contributed by atoms with Gasteiger partial charge in [0.25, 0.3) is 0 Å². The second kappa shape index (κ2) is 4.00. The molecule has 2 aliphatic rings. The van der Waals surface area contributed by atoms with E-state index in [-0.39, 0.29) is 6.04 Å². The van der Waals surface area contributed by atoms with Crippen molar-refractivity contribution in [1.29, 1.82) is 0 Å². The Morgan fingerprint density at radius 1 is 1.20 bits per heavy atom. The predicted octanol–water partition coefficient (Wildman–Crippen LogP) is 2.98. The molecule has 0 fully saturated rings. The predicted molar refractivity (Wildman–Crippen MR) is 79.4 cm³/mol. The Labute approximate surface area is 117 Å². The minimum Gasteiger partial charge on any atom is -0.455 e. The molecule has 20 heavy (non-hydrogen) atoms. The number of guanidine groups is 1. The number of hydrogen-bond acceptors (Lipinski definition) is 4. The number of nitrogens with zero attached hydrogens (tertiary/aromatic N) is 2. The summed E-state index contributed by atoms with van der Waals surface area (Å²) < 4.78 is 6.09. The highest BCUT2D eigenvalue weighted by Crippen LogP contribution is 2.45. The molecule has 4 nitrogen and oxygen atoms in total. The molecule has 0 aliphatic carbocycles. The third-order valence-corrected chi connectivity index (χ3v) is 3.86. The Bertz CT molecular complexity index is 723. The molecule has 4 heteroatoms. The Morgan fingerprint density at radius 3 is 2.95 bits per heavy atom. The molecule has 0 saturated carbocycles. The van der Waals surface area contributed by atoms with Crippen LogP contribution in [-0.2, 0) is 0 Å². The summed E-state index contributed by atoms with van der Waals surface area (Å²) in [7, 11) is 0. The number of para-hydroxylation sites is 1. The van der Waals surface area contributed by atoms with Gasteiger partial charge in [-0.15, -0.1) is 0 Å². The molecule has 0 spiro atoms. The maximum Gasteiger partial charge on any atom is 0.196 e. The van der Waals surface area contributed by atoms with E-state index in [1.165, 1.54) is 5.56 Å². The second-order valence-electron chi connectivity index (χ2n) is 5.20. The standard InChI is InChI=1S/C16H15N3O/c1-10-6-7-15-12(8-10)19-13(9-18-16(19)17)11-4-2-3-5-14(11)20-15/h2-8,13H,9H2,1H3,(H2,17,18). The van der Waals surface area contributed by atoms with Gasteiger partial charge in [0.1, 0.15) is 5.75 Å². The average Bonchev–Trinajstić information content (AvgIpc) is 2.76. The third kappa shape index (κ3) is 1.51. The Hall–Kier alpha value is -2.49. The van der Waals surface area contributed by atoms with Crippen LogP contribution < -0.4 is 15.4 Å². The normalized spacial score (nSPS) is 19.4. The van der Waals surface area contributed by atoms with Gasteiger partial charge in [-0.3, -0.25) is 9.89 Å². The second-order valence-corrected chi connectivity index (χ2v) is 5.20. The first kappa shape index (κ1) is 11.3. The summed E-state index contributed by atoms with van der Waals surface area (Å²) in [5.74, 6) is 2.27. The van der Waals surface area contributed by atoms with Gasteiger partial charge in [-0.2, -0.15) is 0 Å². The van der Waals surface area contributed by atoms with E-state index in [9.17, 15) is 0 Å². The molecule has 0 radical (unpaired) electrons. The zero-order valence-electron chi connectivity index (χ0n) is 11.2. The molecule has 0 aromatic heterocycles. The van der Waals surface area contributed by atoms with Crippen molar-refractivity contribution in [1.82, 2.24) is 0 Å². The highest BCUT2D eigenvalue weighted by Gasteiger charge is 2.35. The molecule has 2 aromatic rings. The zero-order valence-corrected chi connectivity index (χ0v) is 11.2. The van der Waals surface area contributed by atoms with E-state index in [0.29, 0.717) is 12.5 Å². The quantitative estimate of drug-likeness (QED) is 0.796. The first-order chi connectivity index (χ1) is 9.74. The zero-order chi connectivity index (χ0) is 13.7. The molecular formula is C16H15N3O. The molecule has 4 rings (SSSR count). The maximum absolute atomic E-state index is 6.10. The largest absolute Gasteiger partial charge is 0.455 e. The van der Waals surface area contributed by atoms with Crippen molar-refractivity contribution in [2.45, 2.75) is 13.0 Å². The van der Waals surface area contributed by atoms with Crippen molar-refractivity contribution in [3.63, 3.8) is 0 Å². The van der Waals surface area contributed by atoms with Crippen molar-refractivity contribution < 1.29 is 4.74 Å². The Kier molecular flexibility index (Phi) is 2.27. The van der Waals surface area contributed by atoms with E-state index in [0.717, 1.165) is 22.7 Å². The average molecular weight is 265 g/mol.